The van der Waals surface area contributed by atoms with E-state index in [-0.39, 0.29) is 31.2 Å². The molecule has 1 aliphatic rings. The van der Waals surface area contributed by atoms with Crippen molar-refractivity contribution in [1.29, 1.82) is 0 Å². The predicted molar refractivity (Wildman–Crippen MR) is 136 cm³/mol. The van der Waals surface area contributed by atoms with E-state index in [4.69, 9.17) is 0 Å². The lowest BCUT2D eigenvalue weighted by Gasteiger charge is -2.26. The topological polar surface area (TPSA) is 94.3 Å². The Kier molecular flexibility index (Phi) is 8.78. The lowest BCUT2D eigenvalue weighted by molar-refractivity contribution is -0.131. The Balaban J connectivity index is 2.16. The number of nitrogens with one attached hydrogen (secondary N) is 3. The van der Waals surface area contributed by atoms with E-state index in [1.165, 1.54) is 11.8 Å². The van der Waals surface area contributed by atoms with Gasteiger partial charge in [0.05, 0.1) is 43.1 Å². The summed E-state index contributed by atoms with van der Waals surface area (Å²) in [5, 5.41) is 6.21. The zero-order valence-electron chi connectivity index (χ0n) is 20.3. The number of fused-ring (bicyclic) bond motifs is 1. The molecule has 0 aliphatic carbocycles. The van der Waals surface area contributed by atoms with E-state index >= 15 is 0 Å². The normalized spacial score (nSPS) is 14.3. The summed E-state index contributed by atoms with van der Waals surface area (Å²) in [6, 6.07) is 9.47. The Labute approximate surface area is 204 Å². The molecule has 1 aromatic carbocycles. The Morgan fingerprint density at radius 3 is 2.57 bits per heavy atom. The highest BCUT2D eigenvalue weighted by Crippen LogP contribution is 2.36. The number of benzene rings is 1. The lowest BCUT2D eigenvalue weighted by Crippen LogP contribution is -2.39. The van der Waals surface area contributed by atoms with Gasteiger partial charge in [-0.3, -0.25) is 18.8 Å². The Morgan fingerprint density at radius 1 is 1.20 bits per heavy atom. The van der Waals surface area contributed by atoms with Gasteiger partial charge in [-0.05, 0) is 31.6 Å². The maximum atomic E-state index is 13.2. The second-order valence-corrected chi connectivity index (χ2v) is 8.18. The molecule has 0 spiro atoms. The summed E-state index contributed by atoms with van der Waals surface area (Å²) >= 11 is 0. The quantitative estimate of drug-likeness (QED) is 0.441. The number of aromatic amines is 1. The van der Waals surface area contributed by atoms with Gasteiger partial charge in [0.1, 0.15) is 0 Å². The molecule has 0 bridgehead atoms. The van der Waals surface area contributed by atoms with E-state index in [0.717, 1.165) is 17.7 Å². The molecule has 0 radical (unpaired) electrons. The number of allylic oxidation sites excluding steroid dienone is 5. The van der Waals surface area contributed by atoms with Crippen LogP contribution in [-0.4, -0.2) is 40.7 Å². The molecule has 7 nitrogen and oxygen atoms in total. The predicted octanol–water partition coefficient (Wildman–Crippen LogP) is 5.03. The second-order valence-electron chi connectivity index (χ2n) is 8.18. The number of halogens is 1. The van der Waals surface area contributed by atoms with Crippen molar-refractivity contribution in [2.75, 3.05) is 18.5 Å². The van der Waals surface area contributed by atoms with Crippen molar-refractivity contribution in [2.45, 2.75) is 40.2 Å². The molecule has 184 valence electrons. The number of carbonyl (C=O) groups excluding carboxylic acids is 3. The SMILES string of the molecule is C\C=C/C(=C\C(=C\CC)NC(C)=O)c1[nH]c2c(c1Nc1ccccc1)C(=O)CN(C(=O)CCF)C2. The van der Waals surface area contributed by atoms with E-state index in [1.807, 2.05) is 68.5 Å². The van der Waals surface area contributed by atoms with Crippen molar-refractivity contribution >= 4 is 34.5 Å². The number of carbonyl (C=O) groups is 3. The summed E-state index contributed by atoms with van der Waals surface area (Å²) in [7, 11) is 0. The highest BCUT2D eigenvalue weighted by molar-refractivity contribution is 6.09. The molecule has 2 heterocycles. The first-order valence-corrected chi connectivity index (χ1v) is 11.6. The number of anilines is 2. The third-order valence-electron chi connectivity index (χ3n) is 5.43. The summed E-state index contributed by atoms with van der Waals surface area (Å²) in [5.41, 5.74) is 4.47. The van der Waals surface area contributed by atoms with E-state index in [2.05, 4.69) is 15.6 Å². The van der Waals surface area contributed by atoms with Crippen LogP contribution in [0.5, 0.6) is 0 Å². The summed E-state index contributed by atoms with van der Waals surface area (Å²) in [4.78, 5) is 42.0. The fraction of sp³-hybridized carbons (Fsp3) is 0.296. The minimum Gasteiger partial charge on any atom is -0.355 e. The number of hydrogen-bond donors (Lipinski definition) is 3. The fourth-order valence-electron chi connectivity index (χ4n) is 4.02. The molecular formula is C27H31FN4O3. The summed E-state index contributed by atoms with van der Waals surface area (Å²) in [6.07, 6.45) is 7.96. The fourth-order valence-corrected chi connectivity index (χ4v) is 4.02. The molecule has 1 aromatic heterocycles. The first kappa shape index (κ1) is 25.7. The molecule has 0 saturated heterocycles. The Hall–Kier alpha value is -3.94. The smallest absolute Gasteiger partial charge is 0.225 e. The van der Waals surface area contributed by atoms with Gasteiger partial charge >= 0.3 is 0 Å². The minimum absolute atomic E-state index is 0.109. The van der Waals surface area contributed by atoms with Crippen molar-refractivity contribution in [3.05, 3.63) is 77.3 Å². The molecule has 8 heteroatoms. The van der Waals surface area contributed by atoms with Gasteiger partial charge in [-0.25, -0.2) is 0 Å². The number of hydrogen-bond acceptors (Lipinski definition) is 4. The van der Waals surface area contributed by atoms with Crippen LogP contribution in [0.15, 0.2) is 60.3 Å². The standard InChI is InChI=1S/C27H31FN4O3/c1-4-9-19(15-21(10-5-2)29-18(3)33)26-27(30-20-11-7-6-8-12-20)25-22(31-26)16-32(17-23(25)34)24(35)13-14-28/h4,6-12,15,30-31H,5,13-14,16-17H2,1-3H3,(H,29,33)/b9-4-,19-15+,21-10-. The Bertz CT molecular complexity index is 1180. The van der Waals surface area contributed by atoms with Crippen LogP contribution in [0, 0.1) is 0 Å². The third-order valence-corrected chi connectivity index (χ3v) is 5.43. The maximum Gasteiger partial charge on any atom is 0.225 e. The molecule has 0 saturated carbocycles. The second kappa shape index (κ2) is 12.0. The summed E-state index contributed by atoms with van der Waals surface area (Å²) in [6.45, 7) is 4.60. The van der Waals surface area contributed by atoms with Crippen LogP contribution >= 0.6 is 0 Å². The van der Waals surface area contributed by atoms with Gasteiger partial charge in [-0.1, -0.05) is 43.4 Å². The zero-order valence-corrected chi connectivity index (χ0v) is 20.3. The van der Waals surface area contributed by atoms with Crippen LogP contribution in [0.4, 0.5) is 15.8 Å². The molecular weight excluding hydrogens is 447 g/mol. The molecule has 3 rings (SSSR count). The largest absolute Gasteiger partial charge is 0.355 e. The van der Waals surface area contributed by atoms with Gasteiger partial charge < -0.3 is 20.5 Å². The molecule has 0 atom stereocenters. The van der Waals surface area contributed by atoms with Crippen LogP contribution in [0.3, 0.4) is 0 Å². The molecule has 3 N–H and O–H groups in total. The van der Waals surface area contributed by atoms with Gasteiger partial charge in [0.25, 0.3) is 0 Å². The van der Waals surface area contributed by atoms with Gasteiger partial charge in [0.15, 0.2) is 5.78 Å². The monoisotopic (exact) mass is 478 g/mol. The van der Waals surface area contributed by atoms with Crippen molar-refractivity contribution in [1.82, 2.24) is 15.2 Å². The number of aromatic nitrogens is 1. The van der Waals surface area contributed by atoms with Gasteiger partial charge in [0.2, 0.25) is 11.8 Å². The summed E-state index contributed by atoms with van der Waals surface area (Å²) in [5.74, 6) is -0.819. The number of nitrogens with zero attached hydrogens (tertiary/aromatic N) is 1. The molecule has 2 amide bonds. The highest BCUT2D eigenvalue weighted by Gasteiger charge is 2.32. The third kappa shape index (κ3) is 6.35. The average molecular weight is 479 g/mol. The minimum atomic E-state index is -0.767. The van der Waals surface area contributed by atoms with Crippen LogP contribution in [0.2, 0.25) is 0 Å². The van der Waals surface area contributed by atoms with E-state index in [9.17, 15) is 18.8 Å². The van der Waals surface area contributed by atoms with Crippen molar-refractivity contribution < 1.29 is 18.8 Å². The number of para-hydroxylation sites is 1. The van der Waals surface area contributed by atoms with Crippen LogP contribution in [0.25, 0.3) is 5.57 Å². The number of amides is 2. The first-order valence-electron chi connectivity index (χ1n) is 11.6. The van der Waals surface area contributed by atoms with Crippen molar-refractivity contribution in [3.8, 4) is 0 Å². The van der Waals surface area contributed by atoms with E-state index < -0.39 is 12.6 Å². The van der Waals surface area contributed by atoms with Crippen molar-refractivity contribution in [2.24, 2.45) is 0 Å². The summed E-state index contributed by atoms with van der Waals surface area (Å²) < 4.78 is 12.8. The maximum absolute atomic E-state index is 13.2. The van der Waals surface area contributed by atoms with Crippen molar-refractivity contribution in [3.63, 3.8) is 0 Å². The van der Waals surface area contributed by atoms with Crippen LogP contribution < -0.4 is 10.6 Å². The number of ketones is 1. The van der Waals surface area contributed by atoms with Gasteiger partial charge in [0, 0.05) is 29.6 Å². The van der Waals surface area contributed by atoms with E-state index in [0.29, 0.717) is 28.3 Å². The average Bonchev–Trinajstić information content (AvgIpc) is 3.18. The van der Waals surface area contributed by atoms with E-state index in [1.54, 1.807) is 0 Å². The molecule has 0 unspecified atom stereocenters. The van der Waals surface area contributed by atoms with Crippen LogP contribution in [-0.2, 0) is 16.1 Å². The highest BCUT2D eigenvalue weighted by atomic mass is 19.1. The Morgan fingerprint density at radius 2 is 1.94 bits per heavy atom. The van der Waals surface area contributed by atoms with Crippen LogP contribution in [0.1, 0.15) is 55.4 Å². The first-order chi connectivity index (χ1) is 16.9. The zero-order chi connectivity index (χ0) is 25.4. The number of rotatable bonds is 9. The molecule has 2 aromatic rings. The number of Topliss-reactive ketones (excluding diaryl/α,β-unsaturated/α-hetero) is 1. The number of H-pyrrole nitrogens is 1. The molecule has 35 heavy (non-hydrogen) atoms. The van der Waals surface area contributed by atoms with Gasteiger partial charge in [-0.2, -0.15) is 0 Å². The van der Waals surface area contributed by atoms with Gasteiger partial charge in [-0.15, -0.1) is 0 Å². The number of alkyl halides is 1. The molecule has 0 fully saturated rings. The molecule has 1 aliphatic heterocycles. The lowest BCUT2D eigenvalue weighted by atomic mass is 10.0.